The number of benzene rings is 1. The Balaban J connectivity index is 1.61. The summed E-state index contributed by atoms with van der Waals surface area (Å²) in [5.74, 6) is -0.192. The molecule has 0 aliphatic carbocycles. The second kappa shape index (κ2) is 8.63. The van der Waals surface area contributed by atoms with Crippen molar-refractivity contribution in [2.24, 2.45) is 10.7 Å². The second-order valence-corrected chi connectivity index (χ2v) is 7.69. The molecule has 3 heterocycles. The minimum absolute atomic E-state index is 0.0547. The van der Waals surface area contributed by atoms with Crippen LogP contribution in [0, 0.1) is 5.82 Å². The zero-order valence-corrected chi connectivity index (χ0v) is 17.3. The summed E-state index contributed by atoms with van der Waals surface area (Å²) >= 11 is 0. The Morgan fingerprint density at radius 2 is 1.97 bits per heavy atom. The standard InChI is InChI=1S/C22H26FN7O/c1-2-15(7-8-26-13-24)30-16-4-5-17(30)12-29(11-16)20-10-19(27-28-22(20)25)18-9-14(23)3-6-21(18)31/h2-3,6-10,13,16-17,31H,4-5,11-12H2,1H3,(H2,24,26)(H2,25,28)/b8-7-,15-2+. The molecule has 2 fully saturated rings. The maximum atomic E-state index is 13.7. The van der Waals surface area contributed by atoms with Gasteiger partial charge in [0.1, 0.15) is 11.6 Å². The summed E-state index contributed by atoms with van der Waals surface area (Å²) < 4.78 is 13.7. The SMILES string of the molecule is C/C=C(\C=C/N=CN)N1C2CCC1CN(c1cc(-c3cc(F)ccc3O)nnc1N)C2. The molecule has 31 heavy (non-hydrogen) atoms. The fourth-order valence-corrected chi connectivity index (χ4v) is 4.51. The highest BCUT2D eigenvalue weighted by molar-refractivity contribution is 5.74. The Morgan fingerprint density at radius 3 is 2.65 bits per heavy atom. The van der Waals surface area contributed by atoms with Crippen molar-refractivity contribution in [2.75, 3.05) is 23.7 Å². The van der Waals surface area contributed by atoms with Gasteiger partial charge in [0.2, 0.25) is 0 Å². The van der Waals surface area contributed by atoms with Crippen LogP contribution in [0.5, 0.6) is 5.75 Å². The van der Waals surface area contributed by atoms with Gasteiger partial charge in [-0.3, -0.25) is 0 Å². The van der Waals surface area contributed by atoms with Gasteiger partial charge in [-0.2, -0.15) is 0 Å². The van der Waals surface area contributed by atoms with Gasteiger partial charge >= 0.3 is 0 Å². The molecular weight excluding hydrogens is 397 g/mol. The van der Waals surface area contributed by atoms with E-state index in [1.54, 1.807) is 12.3 Å². The first-order valence-corrected chi connectivity index (χ1v) is 10.2. The van der Waals surface area contributed by atoms with Crippen LogP contribution < -0.4 is 16.4 Å². The summed E-state index contributed by atoms with van der Waals surface area (Å²) in [6, 6.07) is 6.16. The molecule has 2 aliphatic heterocycles. The van der Waals surface area contributed by atoms with E-state index in [0.29, 0.717) is 23.6 Å². The van der Waals surface area contributed by atoms with E-state index in [4.69, 9.17) is 11.5 Å². The molecule has 0 radical (unpaired) electrons. The average molecular weight is 423 g/mol. The molecule has 2 bridgehead atoms. The number of allylic oxidation sites excluding steroid dienone is 2. The van der Waals surface area contributed by atoms with Crippen molar-refractivity contribution in [3.63, 3.8) is 0 Å². The van der Waals surface area contributed by atoms with Crippen molar-refractivity contribution in [1.29, 1.82) is 0 Å². The summed E-state index contributed by atoms with van der Waals surface area (Å²) in [6.45, 7) is 3.55. The van der Waals surface area contributed by atoms with Gasteiger partial charge in [0, 0.05) is 42.6 Å². The van der Waals surface area contributed by atoms with Gasteiger partial charge in [0.05, 0.1) is 17.7 Å². The first-order valence-electron chi connectivity index (χ1n) is 10.2. The molecule has 4 rings (SSSR count). The molecule has 9 heteroatoms. The number of phenolic OH excluding ortho intramolecular Hbond substituents is 1. The molecule has 2 aromatic rings. The van der Waals surface area contributed by atoms with E-state index in [0.717, 1.165) is 37.3 Å². The van der Waals surface area contributed by atoms with E-state index in [-0.39, 0.29) is 11.3 Å². The highest BCUT2D eigenvalue weighted by Gasteiger charge is 2.40. The second-order valence-electron chi connectivity index (χ2n) is 7.69. The number of nitrogen functional groups attached to an aromatic ring is 1. The third-order valence-corrected chi connectivity index (χ3v) is 5.87. The molecule has 0 spiro atoms. The van der Waals surface area contributed by atoms with Crippen LogP contribution in [-0.2, 0) is 0 Å². The van der Waals surface area contributed by atoms with Crippen LogP contribution in [0.4, 0.5) is 15.9 Å². The fourth-order valence-electron chi connectivity index (χ4n) is 4.51. The predicted octanol–water partition coefficient (Wildman–Crippen LogP) is 2.63. The molecule has 1 aromatic carbocycles. The van der Waals surface area contributed by atoms with Crippen molar-refractivity contribution in [1.82, 2.24) is 15.1 Å². The van der Waals surface area contributed by atoms with Gasteiger partial charge in [-0.25, -0.2) is 9.38 Å². The number of rotatable bonds is 5. The first kappa shape index (κ1) is 20.6. The summed E-state index contributed by atoms with van der Waals surface area (Å²) in [5.41, 5.74) is 14.0. The lowest BCUT2D eigenvalue weighted by molar-refractivity contribution is 0.228. The third kappa shape index (κ3) is 4.03. The van der Waals surface area contributed by atoms with Gasteiger partial charge in [0.15, 0.2) is 5.82 Å². The number of phenols is 1. The Kier molecular flexibility index (Phi) is 5.75. The monoisotopic (exact) mass is 423 g/mol. The third-order valence-electron chi connectivity index (χ3n) is 5.87. The lowest BCUT2D eigenvalue weighted by atomic mass is 10.1. The van der Waals surface area contributed by atoms with Crippen molar-refractivity contribution in [2.45, 2.75) is 31.8 Å². The topological polar surface area (TPSA) is 117 Å². The highest BCUT2D eigenvalue weighted by Crippen LogP contribution is 2.38. The molecule has 5 N–H and O–H groups in total. The number of aliphatic imine (C=N–C) groups is 1. The van der Waals surface area contributed by atoms with Crippen LogP contribution in [0.2, 0.25) is 0 Å². The van der Waals surface area contributed by atoms with Gasteiger partial charge in [-0.15, -0.1) is 10.2 Å². The molecule has 1 aromatic heterocycles. The van der Waals surface area contributed by atoms with Gasteiger partial charge in [-0.1, -0.05) is 6.08 Å². The molecule has 162 valence electrons. The van der Waals surface area contributed by atoms with Crippen LogP contribution in [0.15, 0.2) is 53.3 Å². The first-order chi connectivity index (χ1) is 15.0. The minimum Gasteiger partial charge on any atom is -0.507 e. The average Bonchev–Trinajstić information content (AvgIpc) is 3.02. The quantitative estimate of drug-likeness (QED) is 0.384. The molecule has 2 unspecified atom stereocenters. The number of aromatic nitrogens is 2. The molecule has 8 nitrogen and oxygen atoms in total. The number of fused-ring (bicyclic) bond motifs is 2. The van der Waals surface area contributed by atoms with Crippen LogP contribution in [-0.4, -0.2) is 51.7 Å². The molecule has 0 saturated carbocycles. The zero-order valence-electron chi connectivity index (χ0n) is 17.3. The normalized spacial score (nSPS) is 21.5. The van der Waals surface area contributed by atoms with Gasteiger partial charge in [-0.05, 0) is 50.1 Å². The Morgan fingerprint density at radius 1 is 1.23 bits per heavy atom. The zero-order chi connectivity index (χ0) is 22.0. The lowest BCUT2D eigenvalue weighted by Crippen LogP contribution is -2.53. The van der Waals surface area contributed by atoms with Crippen LogP contribution >= 0.6 is 0 Å². The smallest absolute Gasteiger partial charge is 0.169 e. The van der Waals surface area contributed by atoms with Crippen LogP contribution in [0.25, 0.3) is 11.3 Å². The van der Waals surface area contributed by atoms with E-state index >= 15 is 0 Å². The van der Waals surface area contributed by atoms with Crippen molar-refractivity contribution >= 4 is 17.8 Å². The number of hydrogen-bond acceptors (Lipinski definition) is 7. The Bertz CT molecular complexity index is 1040. The number of hydrogen-bond donors (Lipinski definition) is 3. The van der Waals surface area contributed by atoms with Gasteiger partial charge < -0.3 is 26.4 Å². The number of nitrogens with two attached hydrogens (primary N) is 2. The number of nitrogens with zero attached hydrogens (tertiary/aromatic N) is 5. The number of piperazine rings is 1. The number of anilines is 2. The maximum absolute atomic E-state index is 13.7. The minimum atomic E-state index is -0.453. The van der Waals surface area contributed by atoms with Gasteiger partial charge in [0.25, 0.3) is 0 Å². The molecule has 0 amide bonds. The van der Waals surface area contributed by atoms with Crippen molar-refractivity contribution in [3.05, 3.63) is 54.1 Å². The summed E-state index contributed by atoms with van der Waals surface area (Å²) in [6.07, 6.45) is 9.16. The molecule has 2 atom stereocenters. The van der Waals surface area contributed by atoms with E-state index in [1.807, 2.05) is 13.0 Å². The summed E-state index contributed by atoms with van der Waals surface area (Å²) in [4.78, 5) is 8.61. The largest absolute Gasteiger partial charge is 0.507 e. The fraction of sp³-hybridized carbons (Fsp3) is 0.318. The predicted molar refractivity (Wildman–Crippen MR) is 120 cm³/mol. The van der Waals surface area contributed by atoms with E-state index in [9.17, 15) is 9.50 Å². The molecular formula is C22H26FN7O. The van der Waals surface area contributed by atoms with Crippen molar-refractivity contribution in [3.8, 4) is 17.0 Å². The lowest BCUT2D eigenvalue weighted by Gasteiger charge is -2.44. The van der Waals surface area contributed by atoms with E-state index < -0.39 is 5.82 Å². The Hall–Kier alpha value is -3.62. The van der Waals surface area contributed by atoms with E-state index in [1.165, 1.54) is 24.5 Å². The van der Waals surface area contributed by atoms with Crippen molar-refractivity contribution < 1.29 is 9.50 Å². The van der Waals surface area contributed by atoms with Crippen LogP contribution in [0.3, 0.4) is 0 Å². The van der Waals surface area contributed by atoms with E-state index in [2.05, 4.69) is 31.1 Å². The highest BCUT2D eigenvalue weighted by atomic mass is 19.1. The Labute approximate surface area is 180 Å². The molecule has 2 aliphatic rings. The maximum Gasteiger partial charge on any atom is 0.169 e. The van der Waals surface area contributed by atoms with Crippen LogP contribution in [0.1, 0.15) is 19.8 Å². The summed E-state index contributed by atoms with van der Waals surface area (Å²) in [5, 5.41) is 18.3. The number of halogens is 1. The molecule has 2 saturated heterocycles. The summed E-state index contributed by atoms with van der Waals surface area (Å²) in [7, 11) is 0. The number of aromatic hydroxyl groups is 1.